The molecule has 0 atom stereocenters. The number of hydrogen-bond donors (Lipinski definition) is 2. The van der Waals surface area contributed by atoms with Gasteiger partial charge in [-0.1, -0.05) is 47.6 Å². The largest absolute Gasteiger partial charge is 0.505 e. The lowest BCUT2D eigenvalue weighted by atomic mass is 9.79. The molecule has 166 valence electrons. The normalized spacial score (nSPS) is 13.5. The quantitative estimate of drug-likeness (QED) is 0.375. The highest BCUT2D eigenvalue weighted by Gasteiger charge is 2.37. The van der Waals surface area contributed by atoms with Gasteiger partial charge >= 0.3 is 12.4 Å². The number of aromatic hydroxyl groups is 1. The minimum atomic E-state index is -4.95. The molecular weight excluding hydrogens is 408 g/mol. The predicted molar refractivity (Wildman–Crippen MR) is 105 cm³/mol. The maximum atomic E-state index is 13.2. The Kier molecular flexibility index (Phi) is 5.89. The summed E-state index contributed by atoms with van der Waals surface area (Å²) in [6, 6.07) is 4.59. The van der Waals surface area contributed by atoms with Gasteiger partial charge in [-0.05, 0) is 40.7 Å². The van der Waals surface area contributed by atoms with Gasteiger partial charge in [0.1, 0.15) is 5.75 Å². The van der Waals surface area contributed by atoms with Crippen molar-refractivity contribution in [2.45, 2.75) is 64.7 Å². The van der Waals surface area contributed by atoms with E-state index in [1.165, 1.54) is 6.07 Å². The lowest BCUT2D eigenvalue weighted by Gasteiger charge is -2.28. The lowest BCUT2D eigenvalue weighted by Crippen LogP contribution is -2.17. The van der Waals surface area contributed by atoms with Crippen molar-refractivity contribution in [1.82, 2.24) is 0 Å². The average Bonchev–Trinajstić information content (AvgIpc) is 2.52. The van der Waals surface area contributed by atoms with Crippen LogP contribution in [-0.2, 0) is 23.2 Å². The zero-order valence-electron chi connectivity index (χ0n) is 17.6. The van der Waals surface area contributed by atoms with Gasteiger partial charge in [0.25, 0.3) is 0 Å². The van der Waals surface area contributed by atoms with E-state index in [0.717, 1.165) is 5.56 Å². The van der Waals surface area contributed by atoms with Crippen LogP contribution in [-0.4, -0.2) is 5.11 Å². The van der Waals surface area contributed by atoms with Crippen LogP contribution in [0.4, 0.5) is 37.7 Å². The minimum absolute atomic E-state index is 0.0415. The van der Waals surface area contributed by atoms with Crippen LogP contribution < -0.4 is 5.32 Å². The number of halogens is 6. The first-order chi connectivity index (χ1) is 13.3. The third kappa shape index (κ3) is 5.40. The number of nitrogens with one attached hydrogen (secondary N) is 1. The molecule has 0 unspecified atom stereocenters. The highest BCUT2D eigenvalue weighted by molar-refractivity contribution is 5.71. The molecule has 0 saturated carbocycles. The van der Waals surface area contributed by atoms with Crippen molar-refractivity contribution in [3.05, 3.63) is 52.6 Å². The highest BCUT2D eigenvalue weighted by Crippen LogP contribution is 2.43. The number of phenolic OH excluding ortho intramolecular Hbond substituents is 1. The van der Waals surface area contributed by atoms with E-state index in [4.69, 9.17) is 0 Å². The predicted octanol–water partition coefficient (Wildman–Crippen LogP) is 7.77. The van der Waals surface area contributed by atoms with Crippen molar-refractivity contribution < 1.29 is 31.4 Å². The molecule has 2 aromatic rings. The van der Waals surface area contributed by atoms with E-state index in [-0.39, 0.29) is 22.9 Å². The molecule has 0 heterocycles. The molecule has 2 N–H and O–H groups in total. The zero-order chi connectivity index (χ0) is 23.3. The summed E-state index contributed by atoms with van der Waals surface area (Å²) in [6.07, 6.45) is -9.91. The van der Waals surface area contributed by atoms with Crippen LogP contribution in [0.2, 0.25) is 0 Å². The van der Waals surface area contributed by atoms with Crippen molar-refractivity contribution >= 4 is 11.4 Å². The molecule has 0 saturated heterocycles. The van der Waals surface area contributed by atoms with E-state index in [1.54, 1.807) is 6.07 Å². The molecule has 0 bridgehead atoms. The summed E-state index contributed by atoms with van der Waals surface area (Å²) in [5, 5.41) is 13.3. The van der Waals surface area contributed by atoms with Gasteiger partial charge in [-0.15, -0.1) is 0 Å². The summed E-state index contributed by atoms with van der Waals surface area (Å²) in [4.78, 5) is 0. The molecule has 0 aliphatic rings. The van der Waals surface area contributed by atoms with Gasteiger partial charge < -0.3 is 10.4 Å². The SMILES string of the molecule is CC(C)(C)c1cc(Nc2cc(C(F)(F)F)cc(C(F)(F)F)c2)c(O)c(C(C)(C)C)c1. The topological polar surface area (TPSA) is 32.3 Å². The van der Waals surface area contributed by atoms with E-state index < -0.39 is 34.6 Å². The summed E-state index contributed by atoms with van der Waals surface area (Å²) >= 11 is 0. The standard InChI is InChI=1S/C22H25F6NO/c1-19(2,3)12-10-16(20(4,5)6)18(30)17(11-12)29-15-8-13(21(23,24)25)7-14(9-15)22(26,27)28/h7-11,29-30H,1-6H3. The summed E-state index contributed by atoms with van der Waals surface area (Å²) < 4.78 is 78.9. The first-order valence-electron chi connectivity index (χ1n) is 9.24. The molecule has 0 aliphatic carbocycles. The minimum Gasteiger partial charge on any atom is -0.505 e. The second-order valence-electron chi connectivity index (χ2n) is 9.34. The van der Waals surface area contributed by atoms with Crippen molar-refractivity contribution in [3.8, 4) is 5.75 Å². The first-order valence-corrected chi connectivity index (χ1v) is 9.24. The summed E-state index contributed by atoms with van der Waals surface area (Å²) in [5.41, 5.74) is -2.80. The number of hydrogen-bond acceptors (Lipinski definition) is 2. The summed E-state index contributed by atoms with van der Waals surface area (Å²) in [7, 11) is 0. The molecule has 30 heavy (non-hydrogen) atoms. The van der Waals surface area contributed by atoms with Crippen LogP contribution in [0.15, 0.2) is 30.3 Å². The fourth-order valence-electron chi connectivity index (χ4n) is 2.92. The molecule has 0 spiro atoms. The second kappa shape index (κ2) is 7.39. The molecule has 0 aromatic heterocycles. The fraction of sp³-hybridized carbons (Fsp3) is 0.455. The Labute approximate surface area is 171 Å². The van der Waals surface area contributed by atoms with Crippen LogP contribution in [0.1, 0.15) is 63.8 Å². The van der Waals surface area contributed by atoms with Gasteiger partial charge in [0, 0.05) is 11.3 Å². The number of benzene rings is 2. The molecular formula is C22H25F6NO. The van der Waals surface area contributed by atoms with Gasteiger partial charge in [0.05, 0.1) is 16.8 Å². The Bertz CT molecular complexity index is 899. The maximum Gasteiger partial charge on any atom is 0.416 e. The summed E-state index contributed by atoms with van der Waals surface area (Å²) in [6.45, 7) is 11.3. The molecule has 2 rings (SSSR count). The number of phenols is 1. The third-order valence-electron chi connectivity index (χ3n) is 4.65. The Hall–Kier alpha value is -2.38. The average molecular weight is 433 g/mol. The number of alkyl halides is 6. The van der Waals surface area contributed by atoms with Gasteiger partial charge in [0.2, 0.25) is 0 Å². The van der Waals surface area contributed by atoms with E-state index in [9.17, 15) is 31.4 Å². The van der Waals surface area contributed by atoms with Crippen molar-refractivity contribution in [2.24, 2.45) is 0 Å². The fourth-order valence-corrected chi connectivity index (χ4v) is 2.92. The Morgan fingerprint density at radius 2 is 1.10 bits per heavy atom. The Balaban J connectivity index is 2.70. The van der Waals surface area contributed by atoms with Gasteiger partial charge in [-0.3, -0.25) is 0 Å². The van der Waals surface area contributed by atoms with E-state index >= 15 is 0 Å². The summed E-state index contributed by atoms with van der Waals surface area (Å²) in [5.74, 6) is -0.221. The zero-order valence-corrected chi connectivity index (χ0v) is 17.6. The lowest BCUT2D eigenvalue weighted by molar-refractivity contribution is -0.143. The van der Waals surface area contributed by atoms with Gasteiger partial charge in [0.15, 0.2) is 0 Å². The molecule has 0 fully saturated rings. The molecule has 0 aliphatic heterocycles. The van der Waals surface area contributed by atoms with Crippen LogP contribution >= 0.6 is 0 Å². The first kappa shape index (κ1) is 23.9. The number of anilines is 2. The number of rotatable bonds is 2. The Morgan fingerprint density at radius 3 is 1.47 bits per heavy atom. The van der Waals surface area contributed by atoms with Crippen molar-refractivity contribution in [3.63, 3.8) is 0 Å². The maximum absolute atomic E-state index is 13.2. The van der Waals surface area contributed by atoms with Crippen molar-refractivity contribution in [2.75, 3.05) is 5.32 Å². The molecule has 0 radical (unpaired) electrons. The van der Waals surface area contributed by atoms with Crippen molar-refractivity contribution in [1.29, 1.82) is 0 Å². The van der Waals surface area contributed by atoms with Gasteiger partial charge in [-0.25, -0.2) is 0 Å². The molecule has 2 nitrogen and oxygen atoms in total. The van der Waals surface area contributed by atoms with E-state index in [1.807, 2.05) is 41.5 Å². The molecule has 0 amide bonds. The monoisotopic (exact) mass is 433 g/mol. The van der Waals surface area contributed by atoms with Crippen LogP contribution in [0.3, 0.4) is 0 Å². The van der Waals surface area contributed by atoms with E-state index in [2.05, 4.69) is 5.32 Å². The second-order valence-corrected chi connectivity index (χ2v) is 9.34. The molecule has 2 aromatic carbocycles. The van der Waals surface area contributed by atoms with Crippen LogP contribution in [0, 0.1) is 0 Å². The molecule has 8 heteroatoms. The highest BCUT2D eigenvalue weighted by atomic mass is 19.4. The third-order valence-corrected chi connectivity index (χ3v) is 4.65. The van der Waals surface area contributed by atoms with Gasteiger partial charge in [-0.2, -0.15) is 26.3 Å². The smallest absolute Gasteiger partial charge is 0.416 e. The van der Waals surface area contributed by atoms with Crippen LogP contribution in [0.25, 0.3) is 0 Å². The Morgan fingerprint density at radius 1 is 0.633 bits per heavy atom. The van der Waals surface area contributed by atoms with Crippen LogP contribution in [0.5, 0.6) is 5.75 Å². The van der Waals surface area contributed by atoms with E-state index in [0.29, 0.717) is 17.7 Å².